The van der Waals surface area contributed by atoms with Gasteiger partial charge >= 0.3 is 0 Å². The van der Waals surface area contributed by atoms with Crippen molar-refractivity contribution in [2.24, 2.45) is 0 Å². The van der Waals surface area contributed by atoms with Crippen LogP contribution >= 0.6 is 23.4 Å². The third-order valence-electron chi connectivity index (χ3n) is 2.91. The topological polar surface area (TPSA) is 38.2 Å². The predicted octanol–water partition coefficient (Wildman–Crippen LogP) is 2.64. The molecule has 0 aliphatic carbocycles. The van der Waals surface area contributed by atoms with Crippen LogP contribution < -0.4 is 4.90 Å². The van der Waals surface area contributed by atoms with Crippen LogP contribution in [0.2, 0.25) is 5.28 Å². The molecule has 0 bridgehead atoms. The Morgan fingerprint density at radius 1 is 1.44 bits per heavy atom. The van der Waals surface area contributed by atoms with Crippen LogP contribution in [-0.2, 0) is 11.2 Å². The number of nitrogens with zero attached hydrogens (tertiary/aromatic N) is 3. The van der Waals surface area contributed by atoms with Gasteiger partial charge in [0, 0.05) is 31.9 Å². The number of hydrogen-bond donors (Lipinski definition) is 0. The van der Waals surface area contributed by atoms with Crippen LogP contribution in [-0.4, -0.2) is 42.0 Å². The van der Waals surface area contributed by atoms with Crippen molar-refractivity contribution in [1.82, 2.24) is 9.97 Å². The highest BCUT2D eigenvalue weighted by Gasteiger charge is 2.24. The molecule has 1 aromatic rings. The molecule has 6 heteroatoms. The van der Waals surface area contributed by atoms with E-state index in [4.69, 9.17) is 16.3 Å². The van der Waals surface area contributed by atoms with E-state index in [0.29, 0.717) is 17.9 Å². The molecule has 18 heavy (non-hydrogen) atoms. The zero-order valence-corrected chi connectivity index (χ0v) is 12.5. The smallest absolute Gasteiger partial charge is 0.224 e. The molecule has 0 aromatic carbocycles. The second kappa shape index (κ2) is 6.08. The molecule has 0 unspecified atom stereocenters. The highest BCUT2D eigenvalue weighted by Crippen LogP contribution is 2.38. The molecule has 1 aromatic heterocycles. The van der Waals surface area contributed by atoms with E-state index in [9.17, 15) is 0 Å². The van der Waals surface area contributed by atoms with Crippen molar-refractivity contribution in [2.75, 3.05) is 30.9 Å². The summed E-state index contributed by atoms with van der Waals surface area (Å²) in [5, 5.41) is 0.342. The van der Waals surface area contributed by atoms with Gasteiger partial charge in [-0.1, -0.05) is 0 Å². The molecule has 1 aliphatic rings. The summed E-state index contributed by atoms with van der Waals surface area (Å²) in [6.07, 6.45) is 0.978. The fourth-order valence-corrected chi connectivity index (χ4v) is 3.30. The Hall–Kier alpha value is -0.520. The zero-order chi connectivity index (χ0) is 13.1. The van der Waals surface area contributed by atoms with E-state index in [1.165, 1.54) is 4.90 Å². The Morgan fingerprint density at radius 3 is 2.89 bits per heavy atom. The van der Waals surface area contributed by atoms with Crippen LogP contribution in [0.25, 0.3) is 0 Å². The van der Waals surface area contributed by atoms with Gasteiger partial charge in [-0.25, -0.2) is 4.98 Å². The van der Waals surface area contributed by atoms with Crippen molar-refractivity contribution in [2.45, 2.75) is 31.2 Å². The first-order valence-corrected chi connectivity index (χ1v) is 7.44. The standard InChI is InChI=1S/C12H18ClN3OS/c1-8(2)16(5-6-17-3)11-10-9(4-7-18-10)14-12(13)15-11/h8H,4-7H2,1-3H3. The molecule has 2 heterocycles. The molecule has 0 N–H and O–H groups in total. The van der Waals surface area contributed by atoms with Gasteiger partial charge in [-0.3, -0.25) is 0 Å². The lowest BCUT2D eigenvalue weighted by Crippen LogP contribution is -2.35. The number of hydrogen-bond acceptors (Lipinski definition) is 5. The van der Waals surface area contributed by atoms with Crippen LogP contribution in [0.5, 0.6) is 0 Å². The SMILES string of the molecule is COCCN(c1nc(Cl)nc2c1SCC2)C(C)C. The van der Waals surface area contributed by atoms with E-state index in [1.54, 1.807) is 7.11 Å². The van der Waals surface area contributed by atoms with Gasteiger partial charge < -0.3 is 9.64 Å². The summed E-state index contributed by atoms with van der Waals surface area (Å²) in [5.74, 6) is 2.02. The summed E-state index contributed by atoms with van der Waals surface area (Å²) in [6.45, 7) is 5.79. The van der Waals surface area contributed by atoms with Gasteiger partial charge in [0.1, 0.15) is 5.82 Å². The van der Waals surface area contributed by atoms with Crippen molar-refractivity contribution >= 4 is 29.2 Å². The van der Waals surface area contributed by atoms with Crippen molar-refractivity contribution in [3.05, 3.63) is 11.0 Å². The number of rotatable bonds is 5. The number of aromatic nitrogens is 2. The lowest BCUT2D eigenvalue weighted by Gasteiger charge is -2.29. The van der Waals surface area contributed by atoms with E-state index in [0.717, 1.165) is 30.2 Å². The average molecular weight is 288 g/mol. The predicted molar refractivity (Wildman–Crippen MR) is 75.8 cm³/mol. The summed E-state index contributed by atoms with van der Waals surface area (Å²) in [5.41, 5.74) is 1.08. The van der Waals surface area contributed by atoms with Gasteiger partial charge in [0.05, 0.1) is 17.2 Å². The first-order chi connectivity index (χ1) is 8.63. The first-order valence-electron chi connectivity index (χ1n) is 6.08. The van der Waals surface area contributed by atoms with E-state index >= 15 is 0 Å². The normalized spacial score (nSPS) is 14.1. The van der Waals surface area contributed by atoms with Crippen LogP contribution in [0, 0.1) is 0 Å². The maximum atomic E-state index is 6.02. The van der Waals surface area contributed by atoms with Crippen LogP contribution in [0.3, 0.4) is 0 Å². The number of fused-ring (bicyclic) bond motifs is 1. The molecule has 0 radical (unpaired) electrons. The first kappa shape index (κ1) is 13.9. The summed E-state index contributed by atoms with van der Waals surface area (Å²) < 4.78 is 5.17. The monoisotopic (exact) mass is 287 g/mol. The molecule has 4 nitrogen and oxygen atoms in total. The van der Waals surface area contributed by atoms with Crippen LogP contribution in [0.1, 0.15) is 19.5 Å². The zero-order valence-electron chi connectivity index (χ0n) is 10.9. The van der Waals surface area contributed by atoms with Crippen molar-refractivity contribution in [3.8, 4) is 0 Å². The molecular formula is C12H18ClN3OS. The van der Waals surface area contributed by atoms with Crippen molar-refractivity contribution in [1.29, 1.82) is 0 Å². The Morgan fingerprint density at radius 2 is 2.22 bits per heavy atom. The highest BCUT2D eigenvalue weighted by molar-refractivity contribution is 7.99. The molecule has 2 rings (SSSR count). The summed E-state index contributed by atoms with van der Waals surface area (Å²) in [7, 11) is 1.71. The van der Waals surface area contributed by atoms with E-state index in [1.807, 2.05) is 11.8 Å². The second-order valence-electron chi connectivity index (χ2n) is 4.47. The van der Waals surface area contributed by atoms with Gasteiger partial charge in [-0.15, -0.1) is 11.8 Å². The molecule has 1 aliphatic heterocycles. The van der Waals surface area contributed by atoms with Gasteiger partial charge in [0.15, 0.2) is 0 Å². The Kier molecular flexibility index (Phi) is 4.70. The minimum absolute atomic E-state index is 0.342. The number of ether oxygens (including phenoxy) is 1. The van der Waals surface area contributed by atoms with E-state index in [2.05, 4.69) is 28.7 Å². The Labute approximate surface area is 117 Å². The number of thioether (sulfide) groups is 1. The maximum Gasteiger partial charge on any atom is 0.224 e. The van der Waals surface area contributed by atoms with E-state index in [-0.39, 0.29) is 0 Å². The van der Waals surface area contributed by atoms with Gasteiger partial charge in [0.25, 0.3) is 0 Å². The fourth-order valence-electron chi connectivity index (χ4n) is 2.01. The van der Waals surface area contributed by atoms with Gasteiger partial charge in [-0.05, 0) is 25.4 Å². The van der Waals surface area contributed by atoms with Crippen LogP contribution in [0.15, 0.2) is 4.90 Å². The molecule has 0 atom stereocenters. The molecule has 0 saturated carbocycles. The molecule has 0 saturated heterocycles. The highest BCUT2D eigenvalue weighted by atomic mass is 35.5. The maximum absolute atomic E-state index is 6.02. The lowest BCUT2D eigenvalue weighted by molar-refractivity contribution is 0.203. The summed E-state index contributed by atoms with van der Waals surface area (Å²) in [4.78, 5) is 12.1. The van der Waals surface area contributed by atoms with Crippen molar-refractivity contribution in [3.63, 3.8) is 0 Å². The molecular weight excluding hydrogens is 270 g/mol. The quantitative estimate of drug-likeness (QED) is 0.779. The molecule has 0 amide bonds. The third-order valence-corrected chi connectivity index (χ3v) is 4.19. The number of halogens is 1. The van der Waals surface area contributed by atoms with E-state index < -0.39 is 0 Å². The lowest BCUT2D eigenvalue weighted by atomic mass is 10.2. The minimum atomic E-state index is 0.342. The fraction of sp³-hybridized carbons (Fsp3) is 0.667. The Bertz CT molecular complexity index is 428. The van der Waals surface area contributed by atoms with Gasteiger partial charge in [-0.2, -0.15) is 4.98 Å². The number of aryl methyl sites for hydroxylation is 1. The summed E-state index contributed by atoms with van der Waals surface area (Å²) >= 11 is 7.84. The Balaban J connectivity index is 2.35. The van der Waals surface area contributed by atoms with Crippen LogP contribution in [0.4, 0.5) is 5.82 Å². The van der Waals surface area contributed by atoms with Gasteiger partial charge in [0.2, 0.25) is 5.28 Å². The summed E-state index contributed by atoms with van der Waals surface area (Å²) in [6, 6.07) is 0.358. The third kappa shape index (κ3) is 2.90. The second-order valence-corrected chi connectivity index (χ2v) is 5.91. The number of anilines is 1. The molecule has 0 spiro atoms. The molecule has 0 fully saturated rings. The van der Waals surface area contributed by atoms with Crippen molar-refractivity contribution < 1.29 is 4.74 Å². The number of methoxy groups -OCH3 is 1. The average Bonchev–Trinajstić information content (AvgIpc) is 2.76. The molecule has 100 valence electrons. The largest absolute Gasteiger partial charge is 0.383 e. The minimum Gasteiger partial charge on any atom is -0.383 e.